The van der Waals surface area contributed by atoms with Crippen molar-refractivity contribution in [1.82, 2.24) is 5.32 Å². The minimum Gasteiger partial charge on any atom is -0.492 e. The van der Waals surface area contributed by atoms with Gasteiger partial charge >= 0.3 is 5.97 Å². The van der Waals surface area contributed by atoms with Gasteiger partial charge in [0.15, 0.2) is 0 Å². The van der Waals surface area contributed by atoms with Crippen molar-refractivity contribution in [3.63, 3.8) is 0 Å². The van der Waals surface area contributed by atoms with Gasteiger partial charge in [-0.25, -0.2) is 0 Å². The van der Waals surface area contributed by atoms with Gasteiger partial charge in [0.25, 0.3) is 0 Å². The van der Waals surface area contributed by atoms with Gasteiger partial charge in [0.05, 0.1) is 7.11 Å². The SMILES string of the molecule is CCCCC(NCCOc1ccccc1)C(=O)OC. The van der Waals surface area contributed by atoms with Crippen LogP contribution in [0.2, 0.25) is 0 Å². The molecule has 1 aromatic rings. The molecule has 1 N–H and O–H groups in total. The average Bonchev–Trinajstić information content (AvgIpc) is 2.47. The highest BCUT2D eigenvalue weighted by Crippen LogP contribution is 2.07. The molecule has 1 aromatic carbocycles. The van der Waals surface area contributed by atoms with Crippen LogP contribution in [0, 0.1) is 0 Å². The summed E-state index contributed by atoms with van der Waals surface area (Å²) in [5.41, 5.74) is 0. The highest BCUT2D eigenvalue weighted by Gasteiger charge is 2.17. The number of rotatable bonds is 9. The molecule has 4 nitrogen and oxygen atoms in total. The van der Waals surface area contributed by atoms with Gasteiger partial charge in [-0.05, 0) is 18.6 Å². The number of para-hydroxylation sites is 1. The number of hydrogen-bond donors (Lipinski definition) is 1. The van der Waals surface area contributed by atoms with E-state index in [9.17, 15) is 4.79 Å². The normalized spacial score (nSPS) is 11.9. The van der Waals surface area contributed by atoms with Gasteiger partial charge in [0.2, 0.25) is 0 Å². The lowest BCUT2D eigenvalue weighted by Crippen LogP contribution is -2.39. The summed E-state index contributed by atoms with van der Waals surface area (Å²) >= 11 is 0. The van der Waals surface area contributed by atoms with E-state index in [-0.39, 0.29) is 12.0 Å². The van der Waals surface area contributed by atoms with Crippen molar-refractivity contribution >= 4 is 5.97 Å². The Bertz CT molecular complexity index is 354. The lowest BCUT2D eigenvalue weighted by Gasteiger charge is -2.16. The van der Waals surface area contributed by atoms with Gasteiger partial charge in [-0.3, -0.25) is 4.79 Å². The second-order valence-electron chi connectivity index (χ2n) is 4.33. The quantitative estimate of drug-likeness (QED) is 0.550. The Kier molecular flexibility index (Phi) is 7.66. The number of nitrogens with one attached hydrogen (secondary N) is 1. The summed E-state index contributed by atoms with van der Waals surface area (Å²) in [5, 5.41) is 3.18. The largest absolute Gasteiger partial charge is 0.492 e. The molecule has 4 heteroatoms. The van der Waals surface area contributed by atoms with Crippen molar-refractivity contribution < 1.29 is 14.3 Å². The van der Waals surface area contributed by atoms with E-state index in [1.807, 2.05) is 30.3 Å². The molecular formula is C15H23NO3. The van der Waals surface area contributed by atoms with Crippen molar-refractivity contribution in [2.75, 3.05) is 20.3 Å². The Morgan fingerprint density at radius 3 is 2.68 bits per heavy atom. The number of carbonyl (C=O) groups excluding carboxylic acids is 1. The second-order valence-corrected chi connectivity index (χ2v) is 4.33. The number of ether oxygens (including phenoxy) is 2. The smallest absolute Gasteiger partial charge is 0.322 e. The van der Waals surface area contributed by atoms with Crippen molar-refractivity contribution in [1.29, 1.82) is 0 Å². The number of unbranched alkanes of at least 4 members (excludes halogenated alkanes) is 1. The third-order valence-electron chi connectivity index (χ3n) is 2.84. The van der Waals surface area contributed by atoms with Crippen LogP contribution in [0.1, 0.15) is 26.2 Å². The Morgan fingerprint density at radius 1 is 1.32 bits per heavy atom. The van der Waals surface area contributed by atoms with Crippen LogP contribution < -0.4 is 10.1 Å². The maximum atomic E-state index is 11.6. The van der Waals surface area contributed by atoms with Crippen molar-refractivity contribution in [3.05, 3.63) is 30.3 Å². The van der Waals surface area contributed by atoms with Gasteiger partial charge in [-0.1, -0.05) is 38.0 Å². The van der Waals surface area contributed by atoms with Crippen LogP contribution in [0.4, 0.5) is 0 Å². The van der Waals surface area contributed by atoms with Crippen LogP contribution in [0.3, 0.4) is 0 Å². The van der Waals surface area contributed by atoms with Gasteiger partial charge in [0.1, 0.15) is 18.4 Å². The van der Waals surface area contributed by atoms with Gasteiger partial charge < -0.3 is 14.8 Å². The Morgan fingerprint density at radius 2 is 2.05 bits per heavy atom. The molecule has 0 aromatic heterocycles. The number of benzene rings is 1. The average molecular weight is 265 g/mol. The minimum atomic E-state index is -0.232. The fourth-order valence-corrected chi connectivity index (χ4v) is 1.77. The maximum Gasteiger partial charge on any atom is 0.322 e. The monoisotopic (exact) mass is 265 g/mol. The summed E-state index contributed by atoms with van der Waals surface area (Å²) < 4.78 is 10.3. The molecule has 1 rings (SSSR count). The first-order valence-corrected chi connectivity index (χ1v) is 6.77. The van der Waals surface area contributed by atoms with Crippen LogP contribution in [-0.2, 0) is 9.53 Å². The molecule has 0 aliphatic carbocycles. The van der Waals surface area contributed by atoms with Crippen molar-refractivity contribution in [3.8, 4) is 5.75 Å². The van der Waals surface area contributed by atoms with Crippen LogP contribution in [0.15, 0.2) is 30.3 Å². The van der Waals surface area contributed by atoms with Crippen LogP contribution in [0.25, 0.3) is 0 Å². The fourth-order valence-electron chi connectivity index (χ4n) is 1.77. The molecular weight excluding hydrogens is 242 g/mol. The Hall–Kier alpha value is -1.55. The van der Waals surface area contributed by atoms with E-state index >= 15 is 0 Å². The molecule has 0 saturated carbocycles. The zero-order chi connectivity index (χ0) is 13.9. The zero-order valence-electron chi connectivity index (χ0n) is 11.7. The first-order chi connectivity index (χ1) is 9.27. The topological polar surface area (TPSA) is 47.6 Å². The summed E-state index contributed by atoms with van der Waals surface area (Å²) in [5.74, 6) is 0.639. The first-order valence-electron chi connectivity index (χ1n) is 6.77. The van der Waals surface area contributed by atoms with Crippen LogP contribution in [0.5, 0.6) is 5.75 Å². The highest BCUT2D eigenvalue weighted by atomic mass is 16.5. The van der Waals surface area contributed by atoms with Crippen LogP contribution in [-0.4, -0.2) is 32.3 Å². The van der Waals surface area contributed by atoms with E-state index in [1.165, 1.54) is 7.11 Å². The number of hydrogen-bond acceptors (Lipinski definition) is 4. The molecule has 0 aliphatic rings. The zero-order valence-corrected chi connectivity index (χ0v) is 11.7. The van der Waals surface area contributed by atoms with Gasteiger partial charge in [-0.15, -0.1) is 0 Å². The summed E-state index contributed by atoms with van der Waals surface area (Å²) in [6, 6.07) is 9.40. The van der Waals surface area contributed by atoms with E-state index in [2.05, 4.69) is 12.2 Å². The van der Waals surface area contributed by atoms with Crippen molar-refractivity contribution in [2.45, 2.75) is 32.2 Å². The molecule has 0 spiro atoms. The molecule has 0 radical (unpaired) electrons. The summed E-state index contributed by atoms with van der Waals surface area (Å²) in [7, 11) is 1.42. The second kappa shape index (κ2) is 9.39. The first kappa shape index (κ1) is 15.5. The van der Waals surface area contributed by atoms with E-state index < -0.39 is 0 Å². The maximum absolute atomic E-state index is 11.6. The molecule has 1 atom stereocenters. The van der Waals surface area contributed by atoms with E-state index in [1.54, 1.807) is 0 Å². The molecule has 0 bridgehead atoms. The number of esters is 1. The summed E-state index contributed by atoms with van der Waals surface area (Å²) in [6.45, 7) is 3.26. The lowest BCUT2D eigenvalue weighted by molar-refractivity contribution is -0.143. The van der Waals surface area contributed by atoms with Crippen molar-refractivity contribution in [2.24, 2.45) is 0 Å². The van der Waals surface area contributed by atoms with Gasteiger partial charge in [-0.2, -0.15) is 0 Å². The van der Waals surface area contributed by atoms with Crippen LogP contribution >= 0.6 is 0 Å². The predicted molar refractivity (Wildman–Crippen MR) is 75.3 cm³/mol. The molecule has 0 aliphatic heterocycles. The van der Waals surface area contributed by atoms with E-state index in [0.29, 0.717) is 13.2 Å². The van der Waals surface area contributed by atoms with Gasteiger partial charge in [0, 0.05) is 6.54 Å². The predicted octanol–water partition coefficient (Wildman–Crippen LogP) is 2.39. The molecule has 0 fully saturated rings. The highest BCUT2D eigenvalue weighted by molar-refractivity contribution is 5.75. The fraction of sp³-hybridized carbons (Fsp3) is 0.533. The van der Waals surface area contributed by atoms with E-state index in [0.717, 1.165) is 25.0 Å². The Labute approximate surface area is 115 Å². The molecule has 0 amide bonds. The minimum absolute atomic E-state index is 0.201. The number of methoxy groups -OCH3 is 1. The lowest BCUT2D eigenvalue weighted by atomic mass is 10.1. The number of carbonyl (C=O) groups is 1. The standard InChI is InChI=1S/C15H23NO3/c1-3-4-10-14(15(17)18-2)16-11-12-19-13-8-6-5-7-9-13/h5-9,14,16H,3-4,10-12H2,1-2H3. The molecule has 0 heterocycles. The molecule has 1 unspecified atom stereocenters. The molecule has 0 saturated heterocycles. The molecule has 19 heavy (non-hydrogen) atoms. The Balaban J connectivity index is 2.25. The molecule has 106 valence electrons. The summed E-state index contributed by atoms with van der Waals surface area (Å²) in [6.07, 6.45) is 2.87. The van der Waals surface area contributed by atoms with E-state index in [4.69, 9.17) is 9.47 Å². The third kappa shape index (κ3) is 6.25. The summed E-state index contributed by atoms with van der Waals surface area (Å²) in [4.78, 5) is 11.6. The third-order valence-corrected chi connectivity index (χ3v) is 2.84.